The number of aliphatic hydroxyl groups excluding tert-OH is 1. The Hall–Kier alpha value is -0.300. The average molecular weight is 437 g/mol. The molecule has 0 aliphatic rings. The summed E-state index contributed by atoms with van der Waals surface area (Å²) in [4.78, 5) is 0. The second-order valence-corrected chi connectivity index (χ2v) is 9.90. The summed E-state index contributed by atoms with van der Waals surface area (Å²) in [6.45, 7) is 2.66. The Morgan fingerprint density at radius 2 is 0.613 bits per heavy atom. The number of allylic oxidation sites excluding steroid dienone is 2. The maximum Gasteiger partial charge on any atom is 0.0431 e. The molecule has 0 fully saturated rings. The average Bonchev–Trinajstić information content (AvgIpc) is 2.78. The van der Waals surface area contributed by atoms with Crippen LogP contribution in [0.5, 0.6) is 0 Å². The van der Waals surface area contributed by atoms with Gasteiger partial charge in [0.1, 0.15) is 0 Å². The molecule has 1 N–H and O–H groups in total. The molecular weight excluding hydrogens is 376 g/mol. The fourth-order valence-electron chi connectivity index (χ4n) is 4.48. The van der Waals surface area contributed by atoms with Crippen molar-refractivity contribution in [3.63, 3.8) is 0 Å². The Morgan fingerprint density at radius 3 is 0.903 bits per heavy atom. The van der Waals surface area contributed by atoms with Crippen molar-refractivity contribution >= 4 is 0 Å². The molecule has 0 amide bonds. The summed E-state index contributed by atoms with van der Waals surface area (Å²) in [6.07, 6.45) is 41.1. The van der Waals surface area contributed by atoms with Gasteiger partial charge in [0.2, 0.25) is 0 Å². The topological polar surface area (TPSA) is 20.2 Å². The Balaban J connectivity index is 3.04. The summed E-state index contributed by atoms with van der Waals surface area (Å²) in [6, 6.07) is 0. The molecule has 0 spiro atoms. The van der Waals surface area contributed by atoms with Crippen LogP contribution in [-0.4, -0.2) is 11.7 Å². The van der Waals surface area contributed by atoms with E-state index >= 15 is 0 Å². The Bertz CT molecular complexity index is 322. The Labute approximate surface area is 197 Å². The highest BCUT2D eigenvalue weighted by atomic mass is 16.2. The van der Waals surface area contributed by atoms with E-state index in [1.165, 1.54) is 161 Å². The van der Waals surface area contributed by atoms with Gasteiger partial charge < -0.3 is 5.11 Å². The van der Waals surface area contributed by atoms with E-state index in [0.29, 0.717) is 6.61 Å². The van der Waals surface area contributed by atoms with Crippen molar-refractivity contribution in [3.05, 3.63) is 12.2 Å². The van der Waals surface area contributed by atoms with Crippen LogP contribution in [0, 0.1) is 0 Å². The summed E-state index contributed by atoms with van der Waals surface area (Å²) < 4.78 is 0. The van der Waals surface area contributed by atoms with Gasteiger partial charge in [0, 0.05) is 6.61 Å². The molecule has 0 atom stereocenters. The minimum atomic E-state index is 0.372. The summed E-state index contributed by atoms with van der Waals surface area (Å²) in [5.41, 5.74) is 0. The maximum atomic E-state index is 8.76. The number of aliphatic hydroxyl groups is 1. The molecule has 186 valence electrons. The third kappa shape index (κ3) is 29.7. The van der Waals surface area contributed by atoms with Gasteiger partial charge in [0.05, 0.1) is 0 Å². The van der Waals surface area contributed by atoms with Crippen LogP contribution in [0.3, 0.4) is 0 Å². The van der Waals surface area contributed by atoms with Crippen LogP contribution in [0.1, 0.15) is 174 Å². The van der Waals surface area contributed by atoms with E-state index < -0.39 is 0 Å². The highest BCUT2D eigenvalue weighted by Crippen LogP contribution is 2.15. The lowest BCUT2D eigenvalue weighted by Crippen LogP contribution is -1.85. The van der Waals surface area contributed by atoms with E-state index in [9.17, 15) is 0 Å². The summed E-state index contributed by atoms with van der Waals surface area (Å²) in [5, 5.41) is 8.76. The van der Waals surface area contributed by atoms with Gasteiger partial charge in [0.15, 0.2) is 0 Å². The second kappa shape index (κ2) is 29.7. The Morgan fingerprint density at radius 1 is 0.355 bits per heavy atom. The fraction of sp³-hybridized carbons (Fsp3) is 0.933. The number of unbranched alkanes of at least 4 members (excludes halogenated alkanes) is 24. The standard InChI is InChI=1S/C30H60O/c1-2-3-4-5-6-7-8-9-10-11-12-13-14-15-16-17-18-19-20-21-22-23-24-25-26-27-28-29-30-31/h9-10,31H,2-8,11-30H2,1H3. The molecule has 0 heterocycles. The molecular formula is C30H60O. The molecule has 0 aliphatic heterocycles. The quantitative estimate of drug-likeness (QED) is 0.100. The van der Waals surface area contributed by atoms with Crippen molar-refractivity contribution < 1.29 is 5.11 Å². The highest BCUT2D eigenvalue weighted by Gasteiger charge is 1.95. The summed E-state index contributed by atoms with van der Waals surface area (Å²) in [5.74, 6) is 0. The highest BCUT2D eigenvalue weighted by molar-refractivity contribution is 4.81. The number of rotatable bonds is 27. The van der Waals surface area contributed by atoms with E-state index in [-0.39, 0.29) is 0 Å². The molecule has 0 aliphatic carbocycles. The van der Waals surface area contributed by atoms with E-state index in [1.54, 1.807) is 0 Å². The predicted molar refractivity (Wildman–Crippen MR) is 142 cm³/mol. The summed E-state index contributed by atoms with van der Waals surface area (Å²) in [7, 11) is 0. The first-order valence-electron chi connectivity index (χ1n) is 14.7. The van der Waals surface area contributed by atoms with Crippen molar-refractivity contribution in [2.45, 2.75) is 174 Å². The van der Waals surface area contributed by atoms with Gasteiger partial charge in [0.25, 0.3) is 0 Å². The van der Waals surface area contributed by atoms with Gasteiger partial charge in [-0.25, -0.2) is 0 Å². The van der Waals surface area contributed by atoms with Crippen molar-refractivity contribution in [2.75, 3.05) is 6.61 Å². The first kappa shape index (κ1) is 30.7. The first-order valence-corrected chi connectivity index (χ1v) is 14.7. The largest absolute Gasteiger partial charge is 0.396 e. The normalized spacial score (nSPS) is 11.7. The summed E-state index contributed by atoms with van der Waals surface area (Å²) >= 11 is 0. The third-order valence-electron chi connectivity index (χ3n) is 6.67. The van der Waals surface area contributed by atoms with Crippen LogP contribution in [0.15, 0.2) is 12.2 Å². The minimum absolute atomic E-state index is 0.372. The lowest BCUT2D eigenvalue weighted by molar-refractivity contribution is 0.282. The molecule has 1 heteroatoms. The van der Waals surface area contributed by atoms with E-state index in [2.05, 4.69) is 19.1 Å². The molecule has 0 rings (SSSR count). The van der Waals surface area contributed by atoms with Crippen molar-refractivity contribution in [2.24, 2.45) is 0 Å². The molecule has 0 unspecified atom stereocenters. The third-order valence-corrected chi connectivity index (χ3v) is 6.67. The van der Waals surface area contributed by atoms with Crippen molar-refractivity contribution in [1.82, 2.24) is 0 Å². The maximum absolute atomic E-state index is 8.76. The molecule has 0 radical (unpaired) electrons. The van der Waals surface area contributed by atoms with E-state index in [1.807, 2.05) is 0 Å². The van der Waals surface area contributed by atoms with Crippen LogP contribution in [0.4, 0.5) is 0 Å². The van der Waals surface area contributed by atoms with Crippen molar-refractivity contribution in [1.29, 1.82) is 0 Å². The van der Waals surface area contributed by atoms with Gasteiger partial charge >= 0.3 is 0 Å². The molecule has 0 aromatic rings. The molecule has 0 saturated carbocycles. The molecule has 31 heavy (non-hydrogen) atoms. The SMILES string of the molecule is CCCCCCCCC=CCCCCCCCCCCCCCCCCCCCCO. The van der Waals surface area contributed by atoms with Crippen LogP contribution < -0.4 is 0 Å². The van der Waals surface area contributed by atoms with Crippen molar-refractivity contribution in [3.8, 4) is 0 Å². The zero-order chi connectivity index (χ0) is 22.5. The first-order chi connectivity index (χ1) is 15.4. The monoisotopic (exact) mass is 436 g/mol. The van der Waals surface area contributed by atoms with Gasteiger partial charge in [-0.05, 0) is 32.1 Å². The second-order valence-electron chi connectivity index (χ2n) is 9.90. The van der Waals surface area contributed by atoms with Crippen LogP contribution in [0.25, 0.3) is 0 Å². The zero-order valence-corrected chi connectivity index (χ0v) is 21.7. The van der Waals surface area contributed by atoms with Gasteiger partial charge in [-0.1, -0.05) is 154 Å². The van der Waals surface area contributed by atoms with Crippen LogP contribution in [-0.2, 0) is 0 Å². The van der Waals surface area contributed by atoms with Crippen LogP contribution in [0.2, 0.25) is 0 Å². The fourth-order valence-corrected chi connectivity index (χ4v) is 4.48. The Kier molecular flexibility index (Phi) is 29.4. The predicted octanol–water partition coefficient (Wildman–Crippen LogP) is 10.7. The van der Waals surface area contributed by atoms with E-state index in [0.717, 1.165) is 6.42 Å². The molecule has 0 saturated heterocycles. The van der Waals surface area contributed by atoms with Gasteiger partial charge in [-0.3, -0.25) is 0 Å². The lowest BCUT2D eigenvalue weighted by atomic mass is 10.0. The molecule has 0 bridgehead atoms. The molecule has 1 nitrogen and oxygen atoms in total. The number of hydrogen-bond donors (Lipinski definition) is 1. The molecule has 0 aromatic carbocycles. The lowest BCUT2D eigenvalue weighted by Gasteiger charge is -2.03. The minimum Gasteiger partial charge on any atom is -0.396 e. The van der Waals surface area contributed by atoms with Crippen LogP contribution >= 0.6 is 0 Å². The smallest absolute Gasteiger partial charge is 0.0431 e. The van der Waals surface area contributed by atoms with Gasteiger partial charge in [-0.15, -0.1) is 0 Å². The van der Waals surface area contributed by atoms with E-state index in [4.69, 9.17) is 5.11 Å². The zero-order valence-electron chi connectivity index (χ0n) is 21.7. The van der Waals surface area contributed by atoms with Gasteiger partial charge in [-0.2, -0.15) is 0 Å². The molecule has 0 aromatic heterocycles. The number of hydrogen-bond acceptors (Lipinski definition) is 1.